The summed E-state index contributed by atoms with van der Waals surface area (Å²) in [7, 11) is 1.68. The van der Waals surface area contributed by atoms with Gasteiger partial charge >= 0.3 is 0 Å². The van der Waals surface area contributed by atoms with Crippen LogP contribution in [0.25, 0.3) is 0 Å². The van der Waals surface area contributed by atoms with Gasteiger partial charge in [0.15, 0.2) is 0 Å². The summed E-state index contributed by atoms with van der Waals surface area (Å²) >= 11 is 5.92. The monoisotopic (exact) mass is 227 g/mol. The number of hydrogen-bond acceptors (Lipinski definition) is 2. The molecule has 0 spiro atoms. The van der Waals surface area contributed by atoms with Crippen molar-refractivity contribution in [2.45, 2.75) is 32.2 Å². The lowest BCUT2D eigenvalue weighted by Crippen LogP contribution is -2.06. The summed E-state index contributed by atoms with van der Waals surface area (Å²) in [6.45, 7) is 6.23. The average Bonchev–Trinajstić information content (AvgIpc) is 2.16. The summed E-state index contributed by atoms with van der Waals surface area (Å²) in [6.07, 6.45) is 0. The quantitative estimate of drug-likeness (QED) is 0.635. The second kappa shape index (κ2) is 4.86. The van der Waals surface area contributed by atoms with Gasteiger partial charge in [0, 0.05) is 0 Å². The molecule has 0 radical (unpaired) electrons. The summed E-state index contributed by atoms with van der Waals surface area (Å²) in [5, 5.41) is 0. The normalized spacial score (nSPS) is 13.0. The van der Waals surface area contributed by atoms with Gasteiger partial charge in [-0.2, -0.15) is 0 Å². The summed E-state index contributed by atoms with van der Waals surface area (Å²) in [5.41, 5.74) is 8.44. The van der Waals surface area contributed by atoms with E-state index in [1.165, 1.54) is 0 Å². The lowest BCUT2D eigenvalue weighted by molar-refractivity contribution is 0.407. The summed E-state index contributed by atoms with van der Waals surface area (Å²) in [5.74, 6) is 1.30. The lowest BCUT2D eigenvalue weighted by atomic mass is 9.96. The highest BCUT2D eigenvalue weighted by atomic mass is 35.5. The van der Waals surface area contributed by atoms with Crippen molar-refractivity contribution in [3.05, 3.63) is 28.8 Å². The molecule has 0 heterocycles. The maximum Gasteiger partial charge on any atom is 0.122 e. The van der Waals surface area contributed by atoms with Crippen molar-refractivity contribution >= 4 is 11.6 Å². The highest BCUT2D eigenvalue weighted by Gasteiger charge is 2.13. The Kier molecular flexibility index (Phi) is 4.00. The molecule has 1 atom stereocenters. The van der Waals surface area contributed by atoms with Gasteiger partial charge in [-0.15, -0.1) is 11.6 Å². The van der Waals surface area contributed by atoms with E-state index >= 15 is 0 Å². The van der Waals surface area contributed by atoms with Gasteiger partial charge in [0.1, 0.15) is 11.3 Å². The van der Waals surface area contributed by atoms with Crippen molar-refractivity contribution in [2.75, 3.05) is 7.11 Å². The zero-order chi connectivity index (χ0) is 11.6. The van der Waals surface area contributed by atoms with Crippen molar-refractivity contribution in [3.63, 3.8) is 0 Å². The predicted octanol–water partition coefficient (Wildman–Crippen LogP) is 3.32. The molecule has 0 aliphatic carbocycles. The smallest absolute Gasteiger partial charge is 0.122 e. The Morgan fingerprint density at radius 3 is 2.27 bits per heavy atom. The van der Waals surface area contributed by atoms with E-state index in [-0.39, 0.29) is 0 Å². The summed E-state index contributed by atoms with van der Waals surface area (Å²) < 4.78 is 5.34. The van der Waals surface area contributed by atoms with Gasteiger partial charge in [-0.3, -0.25) is 0 Å². The molecule has 1 aromatic rings. The molecule has 2 N–H and O–H groups in total. The van der Waals surface area contributed by atoms with E-state index in [1.54, 1.807) is 7.11 Å². The van der Waals surface area contributed by atoms with Crippen LogP contribution in [0.2, 0.25) is 0 Å². The van der Waals surface area contributed by atoms with Crippen LogP contribution in [0.3, 0.4) is 0 Å². The van der Waals surface area contributed by atoms with Gasteiger partial charge in [-0.25, -0.2) is 0 Å². The van der Waals surface area contributed by atoms with Crippen LogP contribution >= 0.6 is 11.6 Å². The Balaban J connectivity index is 3.30. The lowest BCUT2D eigenvalue weighted by Gasteiger charge is -2.17. The Labute approximate surface area is 96.4 Å². The Morgan fingerprint density at radius 2 is 1.87 bits per heavy atom. The highest BCUT2D eigenvalue weighted by Crippen LogP contribution is 2.32. The number of methoxy groups -OCH3 is 1. The third-order valence-corrected chi connectivity index (χ3v) is 2.77. The second-order valence-electron chi connectivity index (χ2n) is 4.01. The molecule has 1 rings (SSSR count). The molecule has 0 aliphatic heterocycles. The molecular formula is C12H18ClNO. The van der Waals surface area contributed by atoms with Crippen LogP contribution in [0.5, 0.6) is 5.75 Å². The van der Waals surface area contributed by atoms with Gasteiger partial charge < -0.3 is 10.5 Å². The minimum Gasteiger partial charge on any atom is -0.496 e. The van der Waals surface area contributed by atoms with E-state index in [9.17, 15) is 0 Å². The third-order valence-electron chi connectivity index (χ3n) is 2.54. The fourth-order valence-electron chi connectivity index (χ4n) is 1.64. The Bertz CT molecular complexity index is 348. The van der Waals surface area contributed by atoms with Crippen LogP contribution in [0, 0.1) is 6.92 Å². The molecule has 0 aromatic heterocycles. The first-order valence-electron chi connectivity index (χ1n) is 5.05. The minimum atomic E-state index is -0.451. The van der Waals surface area contributed by atoms with E-state index in [0.29, 0.717) is 5.92 Å². The van der Waals surface area contributed by atoms with Crippen LogP contribution < -0.4 is 10.5 Å². The van der Waals surface area contributed by atoms with Crippen molar-refractivity contribution in [3.8, 4) is 5.75 Å². The van der Waals surface area contributed by atoms with E-state index in [2.05, 4.69) is 13.8 Å². The van der Waals surface area contributed by atoms with Crippen LogP contribution in [0.1, 0.15) is 42.0 Å². The van der Waals surface area contributed by atoms with Gasteiger partial charge in [0.25, 0.3) is 0 Å². The number of halogens is 1. The van der Waals surface area contributed by atoms with Crippen molar-refractivity contribution < 1.29 is 4.74 Å². The van der Waals surface area contributed by atoms with E-state index in [0.717, 1.165) is 22.4 Å². The molecule has 2 nitrogen and oxygen atoms in total. The number of alkyl halides is 1. The molecule has 3 heteroatoms. The minimum absolute atomic E-state index is 0.398. The number of rotatable bonds is 3. The molecule has 0 aliphatic rings. The Morgan fingerprint density at radius 1 is 1.27 bits per heavy atom. The van der Waals surface area contributed by atoms with Gasteiger partial charge in [0.05, 0.1) is 7.11 Å². The zero-order valence-corrected chi connectivity index (χ0v) is 10.4. The fourth-order valence-corrected chi connectivity index (χ4v) is 1.88. The SMILES string of the molecule is COc1cc(C)c(C(N)Cl)cc1C(C)C. The molecule has 0 saturated carbocycles. The number of hydrogen-bond donors (Lipinski definition) is 1. The second-order valence-corrected chi connectivity index (χ2v) is 4.48. The first-order valence-corrected chi connectivity index (χ1v) is 5.49. The number of aryl methyl sites for hydroxylation is 1. The molecule has 15 heavy (non-hydrogen) atoms. The van der Waals surface area contributed by atoms with Crippen LogP contribution in [0.15, 0.2) is 12.1 Å². The molecule has 0 fully saturated rings. The van der Waals surface area contributed by atoms with Crippen LogP contribution in [0.4, 0.5) is 0 Å². The van der Waals surface area contributed by atoms with Gasteiger partial charge in [0.2, 0.25) is 0 Å². The number of ether oxygens (including phenoxy) is 1. The summed E-state index contributed by atoms with van der Waals surface area (Å²) in [6, 6.07) is 4.03. The highest BCUT2D eigenvalue weighted by molar-refractivity contribution is 6.20. The molecule has 1 unspecified atom stereocenters. The van der Waals surface area contributed by atoms with Crippen molar-refractivity contribution in [1.29, 1.82) is 0 Å². The maximum atomic E-state index is 5.92. The third kappa shape index (κ3) is 2.64. The fraction of sp³-hybridized carbons (Fsp3) is 0.500. The molecule has 0 saturated heterocycles. The van der Waals surface area contributed by atoms with E-state index in [4.69, 9.17) is 22.1 Å². The largest absolute Gasteiger partial charge is 0.496 e. The van der Waals surface area contributed by atoms with Crippen LogP contribution in [-0.2, 0) is 0 Å². The predicted molar refractivity (Wildman–Crippen MR) is 64.6 cm³/mol. The molecular weight excluding hydrogens is 210 g/mol. The zero-order valence-electron chi connectivity index (χ0n) is 9.67. The maximum absolute atomic E-state index is 5.92. The molecule has 1 aromatic carbocycles. The average molecular weight is 228 g/mol. The first-order chi connectivity index (χ1) is 6.97. The summed E-state index contributed by atoms with van der Waals surface area (Å²) in [4.78, 5) is 0. The van der Waals surface area contributed by atoms with E-state index in [1.807, 2.05) is 19.1 Å². The molecule has 0 bridgehead atoms. The molecule has 0 amide bonds. The number of benzene rings is 1. The van der Waals surface area contributed by atoms with E-state index < -0.39 is 5.50 Å². The topological polar surface area (TPSA) is 35.2 Å². The molecule has 84 valence electrons. The number of nitrogens with two attached hydrogens (primary N) is 1. The first kappa shape index (κ1) is 12.3. The van der Waals surface area contributed by atoms with Gasteiger partial charge in [-0.1, -0.05) is 13.8 Å². The Hall–Kier alpha value is -0.730. The van der Waals surface area contributed by atoms with Gasteiger partial charge in [-0.05, 0) is 41.7 Å². The van der Waals surface area contributed by atoms with Crippen LogP contribution in [-0.4, -0.2) is 7.11 Å². The van der Waals surface area contributed by atoms with Crippen molar-refractivity contribution in [1.82, 2.24) is 0 Å². The van der Waals surface area contributed by atoms with Crippen molar-refractivity contribution in [2.24, 2.45) is 5.73 Å². The standard InChI is InChI=1S/C12H18ClNO/c1-7(2)9-6-10(12(13)14)8(3)5-11(9)15-4/h5-7,12H,14H2,1-4H3.